The van der Waals surface area contributed by atoms with E-state index in [0.717, 1.165) is 37.5 Å². The van der Waals surface area contributed by atoms with Gasteiger partial charge in [0, 0.05) is 30.9 Å². The van der Waals surface area contributed by atoms with Gasteiger partial charge in [-0.25, -0.2) is 0 Å². The zero-order chi connectivity index (χ0) is 19.3. The van der Waals surface area contributed by atoms with E-state index in [-0.39, 0.29) is 12.5 Å². The second-order valence-electron chi connectivity index (χ2n) is 8.87. The molecule has 0 spiro atoms. The molecule has 1 amide bonds. The number of hydrogen-bond acceptors (Lipinski definition) is 4. The number of likely N-dealkylation sites (tertiary alicyclic amines) is 1. The largest absolute Gasteiger partial charge is 0.396 e. The second kappa shape index (κ2) is 9.38. The van der Waals surface area contributed by atoms with Crippen molar-refractivity contribution in [3.63, 3.8) is 0 Å². The third kappa shape index (κ3) is 4.42. The first-order chi connectivity index (χ1) is 13.8. The van der Waals surface area contributed by atoms with Gasteiger partial charge in [0.25, 0.3) is 0 Å². The molecular formula is C23H35N3O2. The average molecular weight is 386 g/mol. The van der Waals surface area contributed by atoms with Crippen LogP contribution in [0.4, 0.5) is 5.69 Å². The topological polar surface area (TPSA) is 55.8 Å². The Kier molecular flexibility index (Phi) is 6.65. The van der Waals surface area contributed by atoms with Crippen LogP contribution in [-0.2, 0) is 4.79 Å². The summed E-state index contributed by atoms with van der Waals surface area (Å²) in [6, 6.07) is 11.0. The molecule has 5 heteroatoms. The van der Waals surface area contributed by atoms with E-state index in [1.54, 1.807) is 0 Å². The zero-order valence-electron chi connectivity index (χ0n) is 16.9. The number of hydrogen-bond donors (Lipinski definition) is 2. The van der Waals surface area contributed by atoms with E-state index in [1.807, 2.05) is 30.3 Å². The molecule has 1 aromatic rings. The van der Waals surface area contributed by atoms with Gasteiger partial charge in [0.2, 0.25) is 5.91 Å². The Morgan fingerprint density at radius 1 is 1.11 bits per heavy atom. The van der Waals surface area contributed by atoms with Crippen LogP contribution >= 0.6 is 0 Å². The fourth-order valence-electron chi connectivity index (χ4n) is 6.03. The van der Waals surface area contributed by atoms with E-state index >= 15 is 0 Å². The normalized spacial score (nSPS) is 30.6. The highest BCUT2D eigenvalue weighted by Crippen LogP contribution is 2.43. The van der Waals surface area contributed by atoms with Crippen molar-refractivity contribution < 1.29 is 9.90 Å². The monoisotopic (exact) mass is 385 g/mol. The van der Waals surface area contributed by atoms with Crippen LogP contribution in [0.2, 0.25) is 0 Å². The number of carbonyl (C=O) groups is 1. The molecule has 4 atom stereocenters. The van der Waals surface area contributed by atoms with Gasteiger partial charge in [-0.1, -0.05) is 18.2 Å². The summed E-state index contributed by atoms with van der Waals surface area (Å²) in [4.78, 5) is 18.0. The molecule has 154 valence electrons. The van der Waals surface area contributed by atoms with Crippen molar-refractivity contribution in [3.8, 4) is 0 Å². The fourth-order valence-corrected chi connectivity index (χ4v) is 6.03. The Morgan fingerprint density at radius 3 is 2.68 bits per heavy atom. The molecule has 0 aliphatic carbocycles. The van der Waals surface area contributed by atoms with Gasteiger partial charge in [0.15, 0.2) is 0 Å². The first kappa shape index (κ1) is 19.9. The molecule has 3 fully saturated rings. The van der Waals surface area contributed by atoms with Crippen LogP contribution in [0, 0.1) is 11.8 Å². The molecule has 0 aromatic heterocycles. The number of aliphatic hydroxyl groups excluding tert-OH is 1. The average Bonchev–Trinajstić information content (AvgIpc) is 2.71. The van der Waals surface area contributed by atoms with Gasteiger partial charge >= 0.3 is 0 Å². The Hall–Kier alpha value is -1.43. The SMILES string of the molecule is O=C(CN1C[C@@H]2CCCN3CCC[C@@H]([C@H]23)[C@H]1CCCCO)Nc1ccccc1. The van der Waals surface area contributed by atoms with Gasteiger partial charge < -0.3 is 10.4 Å². The molecule has 0 saturated carbocycles. The van der Waals surface area contributed by atoms with E-state index in [0.29, 0.717) is 24.4 Å². The number of unbranched alkanes of at least 4 members (excludes halogenated alkanes) is 1. The summed E-state index contributed by atoms with van der Waals surface area (Å²) >= 11 is 0. The van der Waals surface area contributed by atoms with Crippen molar-refractivity contribution >= 4 is 11.6 Å². The van der Waals surface area contributed by atoms with Gasteiger partial charge in [-0.15, -0.1) is 0 Å². The first-order valence-electron chi connectivity index (χ1n) is 11.2. The van der Waals surface area contributed by atoms with Crippen molar-refractivity contribution in [2.75, 3.05) is 38.1 Å². The fraction of sp³-hybridized carbons (Fsp3) is 0.696. The summed E-state index contributed by atoms with van der Waals surface area (Å²) in [5.41, 5.74) is 0.876. The predicted molar refractivity (Wildman–Crippen MR) is 112 cm³/mol. The molecule has 3 heterocycles. The number of piperidine rings is 3. The lowest BCUT2D eigenvalue weighted by Crippen LogP contribution is -2.65. The quantitative estimate of drug-likeness (QED) is 0.709. The highest BCUT2D eigenvalue weighted by molar-refractivity contribution is 5.92. The lowest BCUT2D eigenvalue weighted by molar-refractivity contribution is -0.123. The Morgan fingerprint density at radius 2 is 1.89 bits per heavy atom. The molecule has 3 aliphatic rings. The van der Waals surface area contributed by atoms with Gasteiger partial charge in [-0.3, -0.25) is 14.6 Å². The molecule has 5 nitrogen and oxygen atoms in total. The molecule has 1 aromatic carbocycles. The summed E-state index contributed by atoms with van der Waals surface area (Å²) in [5.74, 6) is 1.48. The highest BCUT2D eigenvalue weighted by Gasteiger charge is 2.48. The summed E-state index contributed by atoms with van der Waals surface area (Å²) in [6.45, 7) is 4.32. The Balaban J connectivity index is 1.47. The molecule has 0 unspecified atom stereocenters. The number of benzene rings is 1. The van der Waals surface area contributed by atoms with Crippen LogP contribution in [0.1, 0.15) is 44.9 Å². The molecular weight excluding hydrogens is 350 g/mol. The minimum atomic E-state index is 0.0975. The number of rotatable bonds is 7. The smallest absolute Gasteiger partial charge is 0.238 e. The Labute approximate surface area is 169 Å². The molecule has 4 rings (SSSR count). The zero-order valence-corrected chi connectivity index (χ0v) is 16.9. The molecule has 2 N–H and O–H groups in total. The van der Waals surface area contributed by atoms with Crippen LogP contribution < -0.4 is 5.32 Å². The lowest BCUT2D eigenvalue weighted by atomic mass is 9.69. The van der Waals surface area contributed by atoms with Crippen LogP contribution in [0.15, 0.2) is 30.3 Å². The maximum Gasteiger partial charge on any atom is 0.238 e. The molecule has 28 heavy (non-hydrogen) atoms. The van der Waals surface area contributed by atoms with Crippen molar-refractivity contribution in [3.05, 3.63) is 30.3 Å². The molecule has 3 saturated heterocycles. The van der Waals surface area contributed by atoms with Crippen molar-refractivity contribution in [1.29, 1.82) is 0 Å². The van der Waals surface area contributed by atoms with E-state index in [2.05, 4.69) is 15.1 Å². The van der Waals surface area contributed by atoms with E-state index in [4.69, 9.17) is 0 Å². The maximum atomic E-state index is 12.8. The van der Waals surface area contributed by atoms with Gasteiger partial charge in [-0.2, -0.15) is 0 Å². The van der Waals surface area contributed by atoms with Crippen LogP contribution in [0.25, 0.3) is 0 Å². The van der Waals surface area contributed by atoms with Crippen LogP contribution in [-0.4, -0.2) is 65.7 Å². The number of carbonyl (C=O) groups excluding carboxylic acids is 1. The first-order valence-corrected chi connectivity index (χ1v) is 11.2. The summed E-state index contributed by atoms with van der Waals surface area (Å²) in [7, 11) is 0. The predicted octanol–water partition coefficient (Wildman–Crippen LogP) is 2.96. The van der Waals surface area contributed by atoms with E-state index < -0.39 is 0 Å². The minimum absolute atomic E-state index is 0.0975. The van der Waals surface area contributed by atoms with Crippen LogP contribution in [0.3, 0.4) is 0 Å². The van der Waals surface area contributed by atoms with Crippen molar-refractivity contribution in [2.24, 2.45) is 11.8 Å². The Bertz CT molecular complexity index is 636. The molecule has 0 radical (unpaired) electrons. The summed E-state index contributed by atoms with van der Waals surface area (Å²) < 4.78 is 0. The van der Waals surface area contributed by atoms with Crippen molar-refractivity contribution in [1.82, 2.24) is 9.80 Å². The molecule has 3 aliphatic heterocycles. The van der Waals surface area contributed by atoms with Gasteiger partial charge in [-0.05, 0) is 82.0 Å². The number of para-hydroxylation sites is 1. The third-order valence-electron chi connectivity index (χ3n) is 7.09. The number of nitrogens with zero attached hydrogens (tertiary/aromatic N) is 2. The minimum Gasteiger partial charge on any atom is -0.396 e. The highest BCUT2D eigenvalue weighted by atomic mass is 16.2. The third-order valence-corrected chi connectivity index (χ3v) is 7.09. The number of aliphatic hydroxyl groups is 1. The summed E-state index contributed by atoms with van der Waals surface area (Å²) in [5, 5.41) is 12.3. The second-order valence-corrected chi connectivity index (χ2v) is 8.87. The van der Waals surface area contributed by atoms with Crippen LogP contribution in [0.5, 0.6) is 0 Å². The number of amides is 1. The summed E-state index contributed by atoms with van der Waals surface area (Å²) in [6.07, 6.45) is 8.19. The lowest BCUT2D eigenvalue weighted by Gasteiger charge is -2.57. The maximum absolute atomic E-state index is 12.8. The van der Waals surface area contributed by atoms with E-state index in [1.165, 1.54) is 38.8 Å². The van der Waals surface area contributed by atoms with Crippen molar-refractivity contribution in [2.45, 2.75) is 57.0 Å². The number of nitrogens with one attached hydrogen (secondary N) is 1. The van der Waals surface area contributed by atoms with Gasteiger partial charge in [0.1, 0.15) is 0 Å². The molecule has 0 bridgehead atoms. The van der Waals surface area contributed by atoms with Gasteiger partial charge in [0.05, 0.1) is 6.54 Å². The number of anilines is 1. The standard InChI is InChI=1S/C23H35N3O2/c27-15-5-4-12-21-20-11-7-14-25-13-6-8-18(23(20)25)16-26(21)17-22(28)24-19-9-2-1-3-10-19/h1-3,9-10,18,20-21,23,27H,4-8,11-17H2,(H,24,28)/t18-,20+,21+,23-/m0/s1. The van der Waals surface area contributed by atoms with E-state index in [9.17, 15) is 9.90 Å².